The number of aliphatic hydroxyl groups excluding tert-OH is 26. The molecule has 136 heavy (non-hydrogen) atoms. The first-order valence-electron chi connectivity index (χ1n) is 45.7. The van der Waals surface area contributed by atoms with Crippen molar-refractivity contribution in [1.29, 1.82) is 0 Å². The molecule has 7 fully saturated rings. The minimum Gasteiger partial charge on any atom is -0.394 e. The smallest absolute Gasteiger partial charge is 0.245 e. The highest BCUT2D eigenvalue weighted by Gasteiger charge is 2.54. The molecular formula is C81H144N8O47. The highest BCUT2D eigenvalue weighted by Crippen LogP contribution is 2.33. The van der Waals surface area contributed by atoms with Crippen LogP contribution in [0.5, 0.6) is 0 Å². The number of nitrogens with zero attached hydrogens (tertiary/aromatic N) is 3. The van der Waals surface area contributed by atoms with Crippen molar-refractivity contribution in [3.8, 4) is 0 Å². The van der Waals surface area contributed by atoms with E-state index in [1.54, 1.807) is 0 Å². The van der Waals surface area contributed by atoms with Crippen molar-refractivity contribution in [2.75, 3.05) is 151 Å². The molecule has 7 saturated heterocycles. The van der Waals surface area contributed by atoms with Gasteiger partial charge < -0.3 is 235 Å². The topological polar surface area (TPSA) is 845 Å². The maximum atomic E-state index is 15.2. The Morgan fingerprint density at radius 2 is 0.596 bits per heavy atom. The third-order valence-corrected chi connectivity index (χ3v) is 23.9. The Balaban J connectivity index is 0.944. The van der Waals surface area contributed by atoms with Gasteiger partial charge in [0.25, 0.3) is 0 Å². The second kappa shape index (κ2) is 60.3. The predicted molar refractivity (Wildman–Crippen MR) is 448 cm³/mol. The summed E-state index contributed by atoms with van der Waals surface area (Å²) in [5.41, 5.74) is 0. The van der Waals surface area contributed by atoms with E-state index < -0.39 is 387 Å². The molecule has 7 aliphatic heterocycles. The van der Waals surface area contributed by atoms with Gasteiger partial charge in [0.2, 0.25) is 41.4 Å². The van der Waals surface area contributed by atoms with Gasteiger partial charge in [0.05, 0.1) is 98.9 Å². The van der Waals surface area contributed by atoms with E-state index in [0.29, 0.717) is 32.2 Å². The third-order valence-electron chi connectivity index (χ3n) is 23.9. The lowest BCUT2D eigenvalue weighted by atomic mass is 9.96. The van der Waals surface area contributed by atoms with Crippen LogP contribution in [0.1, 0.15) is 96.8 Å². The maximum Gasteiger partial charge on any atom is 0.245 e. The SMILES string of the molecule is CCCCCCNC(=O)CN(CC(=O)NCCCCCC(=O)NCCO[C@H]1O[C@H](CO[C@H]2O[C@H](CO)[C@@H](O)[C@H](O)[C@@H]2O)[C@@H](O)[C@H](O[C@H]2O[C@H](CO)[C@@H](O)[C@H](O)[C@@H]2O)[C@@H]1O)CC(=O)NCCCCCC(=O)N[C@@H](CCC(=O)N(CCO[C@H]1O[C@H](CO)[C@@H](O)[C@H](O)[C@@H]1O)CCO[C@H]1O[C@H](CO)[C@@H](O)[C@H](O)[C@@H]1O)C(=O)N(CCO[C@H]1O[C@H](CO)[C@@H](O)[C@H](O)[C@@H]1O)CCO[C@H]1O[C@H](CO)[C@@H](O)[C@H](O)[C@@H]1O. The monoisotopic (exact) mass is 1980 g/mol. The summed E-state index contributed by atoms with van der Waals surface area (Å²) >= 11 is 0. The minimum absolute atomic E-state index is 0.00829. The zero-order valence-electron chi connectivity index (χ0n) is 75.5. The molecule has 0 aromatic rings. The van der Waals surface area contributed by atoms with Crippen LogP contribution in [-0.2, 0) is 99.9 Å². The molecule has 0 aromatic carbocycles. The van der Waals surface area contributed by atoms with E-state index in [1.165, 1.54) is 4.90 Å². The molecule has 31 N–H and O–H groups in total. The molecule has 0 aromatic heterocycles. The van der Waals surface area contributed by atoms with Crippen molar-refractivity contribution in [2.24, 2.45) is 0 Å². The van der Waals surface area contributed by atoms with Crippen LogP contribution in [0.3, 0.4) is 0 Å². The van der Waals surface area contributed by atoms with Gasteiger partial charge in [0.15, 0.2) is 44.0 Å². The number of carbonyl (C=O) groups is 7. The number of nitrogens with one attached hydrogen (secondary N) is 5. The Kier molecular flexibility index (Phi) is 52.1. The largest absolute Gasteiger partial charge is 0.394 e. The van der Waals surface area contributed by atoms with Gasteiger partial charge in [-0.2, -0.15) is 0 Å². The van der Waals surface area contributed by atoms with Gasteiger partial charge in [-0.15, -0.1) is 0 Å². The molecule has 0 saturated carbocycles. The standard InChI is InChI=1S/C81H144N8O47/c1-2-3-4-9-16-82-49(98)29-87(30-50(99)83-17-10-5-7-12-47(96)85-19-24-123-80-72(121)73(136-81-71(120)65(114)58(107)45(37-95)134-81)59(108)46(135-80)38-128-79-70(119)64(113)57(106)44(36-94)133-79)31-51(100)84-18-11-6-8-13-48(97)86-39(74(122)89(22-27-126-77-68(117)62(111)55(104)42(34-92)131-77)23-28-127-78-69(118)63(112)56(105)43(35-93)132-78)14-15-52(101)88(20-25-124-75-66(115)60(109)53(102)40(32-90)129-75)21-26-125-76-67(116)61(110)54(103)41(33-91)130-76/h39-46,53-73,75-81,90-95,102-121H,2-38H2,1H3,(H,82,98)(H,83,99)(H,84,100)(H,85,96)(H,86,97)/t39-,40+,41+,42+,43+,44+,45+,46+,53+,54+,55+,56+,57+,58+,59+,60-,61-,62-,63-,64-,65-,66-,67-,68-,69-,70-,71-,72-,73-,75-,76-,77-,78-,79-,80-,81+/m0/s1. The first kappa shape index (κ1) is 118. The average molecular weight is 1980 g/mol. The van der Waals surface area contributed by atoms with Crippen LogP contribution < -0.4 is 26.6 Å². The molecule has 36 atom stereocenters. The Bertz CT molecular complexity index is 3370. The molecule has 0 spiro atoms. The van der Waals surface area contributed by atoms with Gasteiger partial charge in [-0.25, -0.2) is 0 Å². The molecule has 7 rings (SSSR count). The Hall–Kier alpha value is -5.35. The Morgan fingerprint density at radius 3 is 0.956 bits per heavy atom. The Labute approximate surface area is 781 Å². The number of carbonyl (C=O) groups excluding carboxylic acids is 7. The molecule has 7 aliphatic rings. The molecule has 0 radical (unpaired) electrons. The van der Waals surface area contributed by atoms with Crippen molar-refractivity contribution in [1.82, 2.24) is 41.3 Å². The highest BCUT2D eigenvalue weighted by molar-refractivity contribution is 5.88. The second-order valence-electron chi connectivity index (χ2n) is 34.1. The van der Waals surface area contributed by atoms with E-state index in [9.17, 15) is 162 Å². The molecule has 0 unspecified atom stereocenters. The summed E-state index contributed by atoms with van der Waals surface area (Å²) in [6, 6.07) is -1.69. The number of hydrogen-bond donors (Lipinski definition) is 31. The van der Waals surface area contributed by atoms with E-state index in [1.807, 2.05) is 6.92 Å². The molecule has 0 aliphatic carbocycles. The number of ether oxygens (including phenoxy) is 14. The normalized spacial score (nSPS) is 35.7. The summed E-state index contributed by atoms with van der Waals surface area (Å²) in [5, 5.41) is 284. The van der Waals surface area contributed by atoms with Crippen LogP contribution in [0.15, 0.2) is 0 Å². The molecule has 0 bridgehead atoms. The summed E-state index contributed by atoms with van der Waals surface area (Å²) in [4.78, 5) is 101. The van der Waals surface area contributed by atoms with Crippen LogP contribution >= 0.6 is 0 Å². The van der Waals surface area contributed by atoms with Crippen molar-refractivity contribution >= 4 is 41.4 Å². The van der Waals surface area contributed by atoms with E-state index in [4.69, 9.17) is 66.3 Å². The van der Waals surface area contributed by atoms with Gasteiger partial charge in [-0.1, -0.05) is 39.0 Å². The molecule has 55 heteroatoms. The summed E-state index contributed by atoms with van der Waals surface area (Å²) in [6.45, 7) is -9.14. The van der Waals surface area contributed by atoms with Gasteiger partial charge >= 0.3 is 0 Å². The molecular weight excluding hydrogens is 1840 g/mol. The number of hydrogen-bond acceptors (Lipinski definition) is 48. The van der Waals surface area contributed by atoms with Crippen LogP contribution in [0.25, 0.3) is 0 Å². The fourth-order valence-corrected chi connectivity index (χ4v) is 15.7. The summed E-state index contributed by atoms with van der Waals surface area (Å²) < 4.78 is 78.2. The molecule has 790 valence electrons. The number of aliphatic hydroxyl groups is 26. The van der Waals surface area contributed by atoms with Crippen LogP contribution in [0, 0.1) is 0 Å². The van der Waals surface area contributed by atoms with Crippen LogP contribution in [-0.4, -0.2) is 561 Å². The van der Waals surface area contributed by atoms with Gasteiger partial charge in [0.1, 0.15) is 177 Å². The van der Waals surface area contributed by atoms with Crippen molar-refractivity contribution < 1.29 is 233 Å². The summed E-state index contributed by atoms with van der Waals surface area (Å²) in [7, 11) is 0. The Morgan fingerprint density at radius 1 is 0.294 bits per heavy atom. The highest BCUT2D eigenvalue weighted by atomic mass is 16.8. The second-order valence-corrected chi connectivity index (χ2v) is 34.1. The van der Waals surface area contributed by atoms with Gasteiger partial charge in [-0.3, -0.25) is 38.5 Å². The van der Waals surface area contributed by atoms with E-state index in [0.717, 1.165) is 29.1 Å². The van der Waals surface area contributed by atoms with Crippen molar-refractivity contribution in [3.63, 3.8) is 0 Å². The van der Waals surface area contributed by atoms with Crippen LogP contribution in [0.4, 0.5) is 0 Å². The lowest BCUT2D eigenvalue weighted by Crippen LogP contribution is -2.65. The zero-order valence-corrected chi connectivity index (χ0v) is 75.5. The fourth-order valence-electron chi connectivity index (χ4n) is 15.7. The molecule has 55 nitrogen and oxygen atoms in total. The van der Waals surface area contributed by atoms with Gasteiger partial charge in [0, 0.05) is 71.6 Å². The lowest BCUT2D eigenvalue weighted by Gasteiger charge is -2.46. The number of amides is 7. The predicted octanol–water partition coefficient (Wildman–Crippen LogP) is -17.9. The van der Waals surface area contributed by atoms with Crippen LogP contribution in [0.2, 0.25) is 0 Å². The quantitative estimate of drug-likeness (QED) is 0.0251. The van der Waals surface area contributed by atoms with E-state index >= 15 is 4.79 Å². The average Bonchev–Trinajstić information content (AvgIpc) is 0.779. The molecule has 7 heterocycles. The van der Waals surface area contributed by atoms with E-state index in [2.05, 4.69) is 26.6 Å². The van der Waals surface area contributed by atoms with Gasteiger partial charge in [-0.05, 0) is 38.5 Å². The molecule has 7 amide bonds. The van der Waals surface area contributed by atoms with Crippen molar-refractivity contribution in [2.45, 2.75) is 318 Å². The maximum absolute atomic E-state index is 15.2. The fraction of sp³-hybridized carbons (Fsp3) is 0.914. The summed E-state index contributed by atoms with van der Waals surface area (Å²) in [5.74, 6) is -4.64. The number of rotatable bonds is 59. The summed E-state index contributed by atoms with van der Waals surface area (Å²) in [6.07, 6.45) is -57.8. The third kappa shape index (κ3) is 35.0. The van der Waals surface area contributed by atoms with E-state index in [-0.39, 0.29) is 64.9 Å². The zero-order chi connectivity index (χ0) is 100. The number of unbranched alkanes of at least 4 members (excludes halogenated alkanes) is 7. The van der Waals surface area contributed by atoms with Crippen molar-refractivity contribution in [3.05, 3.63) is 0 Å². The first-order chi connectivity index (χ1) is 64.9. The minimum atomic E-state index is -1.99. The first-order valence-corrected chi connectivity index (χ1v) is 45.7. The lowest BCUT2D eigenvalue weighted by molar-refractivity contribution is -0.366.